The fraction of sp³-hybridized carbons (Fsp3) is 0.318. The lowest BCUT2D eigenvalue weighted by molar-refractivity contribution is -0.0440. The van der Waals surface area contributed by atoms with Gasteiger partial charge in [0.05, 0.1) is 22.7 Å². The molecule has 0 amide bonds. The summed E-state index contributed by atoms with van der Waals surface area (Å²) in [6.07, 6.45) is -0.461. The van der Waals surface area contributed by atoms with E-state index in [-0.39, 0.29) is 54.1 Å². The predicted octanol–water partition coefficient (Wildman–Crippen LogP) is 3.03. The first-order valence-electron chi connectivity index (χ1n) is 10.2. The van der Waals surface area contributed by atoms with Crippen molar-refractivity contribution in [2.45, 2.75) is 37.6 Å². The smallest absolute Gasteiger partial charge is 0.338 e. The molecular weight excluding hydrogens is 453 g/mol. The molecular formula is C22H22FN3O6S. The van der Waals surface area contributed by atoms with Crippen molar-refractivity contribution in [1.82, 2.24) is 14.4 Å². The van der Waals surface area contributed by atoms with E-state index in [1.807, 2.05) is 13.8 Å². The Balaban J connectivity index is 1.43. The molecule has 174 valence electrons. The standard InChI is InChI=1S/C22H22FN3O6S/c1-14-11-26(12-15(2)31-14)33(28,29)19-5-3-4-17(10-19)22(27)30-13-20-24-21(25-32-20)16-6-8-18(23)9-7-16/h3-10,14-15H,11-13H2,1-2H3/t14-,15+. The molecule has 1 aliphatic rings. The lowest BCUT2D eigenvalue weighted by atomic mass is 10.2. The van der Waals surface area contributed by atoms with Gasteiger partial charge in [0.15, 0.2) is 6.61 Å². The van der Waals surface area contributed by atoms with Gasteiger partial charge in [0, 0.05) is 18.7 Å². The quantitative estimate of drug-likeness (QED) is 0.500. The zero-order valence-corrected chi connectivity index (χ0v) is 18.8. The second kappa shape index (κ2) is 9.38. The number of carbonyl (C=O) groups is 1. The molecule has 1 saturated heterocycles. The van der Waals surface area contributed by atoms with E-state index >= 15 is 0 Å². The number of halogens is 1. The zero-order chi connectivity index (χ0) is 23.6. The molecule has 2 atom stereocenters. The summed E-state index contributed by atoms with van der Waals surface area (Å²) < 4.78 is 56.4. The minimum absolute atomic E-state index is 0.00497. The van der Waals surface area contributed by atoms with Crippen LogP contribution in [0, 0.1) is 5.82 Å². The second-order valence-electron chi connectivity index (χ2n) is 7.70. The fourth-order valence-corrected chi connectivity index (χ4v) is 5.14. The highest BCUT2D eigenvalue weighted by Gasteiger charge is 2.32. The molecule has 2 aromatic carbocycles. The molecule has 1 aromatic heterocycles. The average molecular weight is 475 g/mol. The Labute approximate surface area is 190 Å². The fourth-order valence-electron chi connectivity index (χ4n) is 3.50. The first kappa shape index (κ1) is 23.0. The first-order chi connectivity index (χ1) is 15.7. The van der Waals surface area contributed by atoms with Gasteiger partial charge < -0.3 is 14.0 Å². The molecule has 0 saturated carbocycles. The topological polar surface area (TPSA) is 112 Å². The molecule has 33 heavy (non-hydrogen) atoms. The van der Waals surface area contributed by atoms with Crippen LogP contribution in [-0.2, 0) is 26.1 Å². The predicted molar refractivity (Wildman–Crippen MR) is 114 cm³/mol. The van der Waals surface area contributed by atoms with E-state index < -0.39 is 21.8 Å². The number of morpholine rings is 1. The van der Waals surface area contributed by atoms with E-state index in [9.17, 15) is 17.6 Å². The van der Waals surface area contributed by atoms with Gasteiger partial charge in [0.2, 0.25) is 15.8 Å². The van der Waals surface area contributed by atoms with Crippen LogP contribution in [0.5, 0.6) is 0 Å². The first-order valence-corrected chi connectivity index (χ1v) is 11.7. The molecule has 9 nitrogen and oxygen atoms in total. The maximum Gasteiger partial charge on any atom is 0.338 e. The highest BCUT2D eigenvalue weighted by Crippen LogP contribution is 2.22. The Kier molecular flexibility index (Phi) is 6.54. The Morgan fingerprint density at radius 2 is 1.85 bits per heavy atom. The van der Waals surface area contributed by atoms with Gasteiger partial charge >= 0.3 is 5.97 Å². The molecule has 0 N–H and O–H groups in total. The lowest BCUT2D eigenvalue weighted by Crippen LogP contribution is -2.48. The molecule has 2 heterocycles. The molecule has 11 heteroatoms. The van der Waals surface area contributed by atoms with Crippen molar-refractivity contribution in [3.63, 3.8) is 0 Å². The summed E-state index contributed by atoms with van der Waals surface area (Å²) in [4.78, 5) is 16.6. The van der Waals surface area contributed by atoms with Crippen molar-refractivity contribution in [3.8, 4) is 11.4 Å². The van der Waals surface area contributed by atoms with Gasteiger partial charge in [-0.25, -0.2) is 17.6 Å². The van der Waals surface area contributed by atoms with Crippen LogP contribution in [-0.4, -0.2) is 54.1 Å². The molecule has 0 radical (unpaired) electrons. The van der Waals surface area contributed by atoms with E-state index in [1.54, 1.807) is 0 Å². The van der Waals surface area contributed by atoms with Gasteiger partial charge in [-0.05, 0) is 56.3 Å². The van der Waals surface area contributed by atoms with Gasteiger partial charge in [0.1, 0.15) is 5.82 Å². The number of carbonyl (C=O) groups excluding carboxylic acids is 1. The van der Waals surface area contributed by atoms with Crippen LogP contribution in [0.2, 0.25) is 0 Å². The molecule has 3 aromatic rings. The lowest BCUT2D eigenvalue weighted by Gasteiger charge is -2.34. The number of ether oxygens (including phenoxy) is 2. The molecule has 0 aliphatic carbocycles. The number of sulfonamides is 1. The minimum Gasteiger partial charge on any atom is -0.452 e. The van der Waals surface area contributed by atoms with Gasteiger partial charge in [0.25, 0.3) is 5.89 Å². The third-order valence-corrected chi connectivity index (χ3v) is 6.82. The number of esters is 1. The maximum atomic E-state index is 13.1. The maximum absolute atomic E-state index is 13.1. The Morgan fingerprint density at radius 1 is 1.15 bits per heavy atom. The van der Waals surface area contributed by atoms with Crippen LogP contribution in [0.25, 0.3) is 11.4 Å². The van der Waals surface area contributed by atoms with Gasteiger partial charge in [-0.3, -0.25) is 0 Å². The molecule has 0 bridgehead atoms. The number of nitrogens with zero attached hydrogens (tertiary/aromatic N) is 3. The van der Waals surface area contributed by atoms with E-state index in [0.29, 0.717) is 5.56 Å². The van der Waals surface area contributed by atoms with Crippen molar-refractivity contribution in [2.75, 3.05) is 13.1 Å². The SMILES string of the molecule is C[C@@H]1CN(S(=O)(=O)c2cccc(C(=O)OCc3nc(-c4ccc(F)cc4)no3)c2)C[C@H](C)O1. The number of hydrogen-bond donors (Lipinski definition) is 0. The highest BCUT2D eigenvalue weighted by molar-refractivity contribution is 7.89. The molecule has 0 unspecified atom stereocenters. The number of aromatic nitrogens is 2. The van der Waals surface area contributed by atoms with E-state index in [4.69, 9.17) is 14.0 Å². The van der Waals surface area contributed by atoms with E-state index in [2.05, 4.69) is 10.1 Å². The third kappa shape index (κ3) is 5.27. The van der Waals surface area contributed by atoms with Crippen LogP contribution >= 0.6 is 0 Å². The summed E-state index contributed by atoms with van der Waals surface area (Å²) in [5.41, 5.74) is 0.617. The van der Waals surface area contributed by atoms with Crippen LogP contribution in [0.3, 0.4) is 0 Å². The Bertz CT molecular complexity index is 1240. The molecule has 1 fully saturated rings. The van der Waals surface area contributed by atoms with Crippen molar-refractivity contribution < 1.29 is 31.6 Å². The number of rotatable bonds is 6. The molecule has 1 aliphatic heterocycles. The van der Waals surface area contributed by atoms with E-state index in [0.717, 1.165) is 0 Å². The van der Waals surface area contributed by atoms with Gasteiger partial charge in [-0.1, -0.05) is 11.2 Å². The monoisotopic (exact) mass is 475 g/mol. The summed E-state index contributed by atoms with van der Waals surface area (Å²) in [7, 11) is -3.80. The average Bonchev–Trinajstić information content (AvgIpc) is 3.26. The van der Waals surface area contributed by atoms with Crippen LogP contribution in [0.4, 0.5) is 4.39 Å². The zero-order valence-electron chi connectivity index (χ0n) is 18.0. The summed E-state index contributed by atoms with van der Waals surface area (Å²) in [6, 6.07) is 11.2. The summed E-state index contributed by atoms with van der Waals surface area (Å²) >= 11 is 0. The van der Waals surface area contributed by atoms with Crippen molar-refractivity contribution in [2.24, 2.45) is 0 Å². The van der Waals surface area contributed by atoms with Crippen molar-refractivity contribution >= 4 is 16.0 Å². The third-order valence-electron chi connectivity index (χ3n) is 4.99. The van der Waals surface area contributed by atoms with Crippen molar-refractivity contribution in [1.29, 1.82) is 0 Å². The summed E-state index contributed by atoms with van der Waals surface area (Å²) in [5.74, 6) is -0.860. The summed E-state index contributed by atoms with van der Waals surface area (Å²) in [5, 5.41) is 3.78. The van der Waals surface area contributed by atoms with Gasteiger partial charge in [-0.2, -0.15) is 9.29 Å². The minimum atomic E-state index is -3.80. The number of benzene rings is 2. The Hall–Kier alpha value is -3.15. The number of hydrogen-bond acceptors (Lipinski definition) is 8. The molecule has 4 rings (SSSR count). The second-order valence-corrected chi connectivity index (χ2v) is 9.64. The van der Waals surface area contributed by atoms with E-state index in [1.165, 1.54) is 52.8 Å². The molecule has 0 spiro atoms. The van der Waals surface area contributed by atoms with Gasteiger partial charge in [-0.15, -0.1) is 0 Å². The normalized spacial score (nSPS) is 19.4. The summed E-state index contributed by atoms with van der Waals surface area (Å²) in [6.45, 7) is 3.78. The van der Waals surface area contributed by atoms with Crippen LogP contribution < -0.4 is 0 Å². The van der Waals surface area contributed by atoms with Crippen LogP contribution in [0.1, 0.15) is 30.1 Å². The van der Waals surface area contributed by atoms with Crippen molar-refractivity contribution in [3.05, 3.63) is 65.8 Å². The Morgan fingerprint density at radius 3 is 2.55 bits per heavy atom. The highest BCUT2D eigenvalue weighted by atomic mass is 32.2. The van der Waals surface area contributed by atoms with Crippen LogP contribution in [0.15, 0.2) is 57.9 Å². The largest absolute Gasteiger partial charge is 0.452 e.